The Balaban J connectivity index is 1.13. The fraction of sp³-hybridized carbons (Fsp3) is 0.435. The van der Waals surface area contributed by atoms with Gasteiger partial charge in [0, 0.05) is 43.5 Å². The lowest BCUT2D eigenvalue weighted by Crippen LogP contribution is -2.46. The first kappa shape index (κ1) is 20.3. The average Bonchev–Trinajstić information content (AvgIpc) is 3.29. The predicted molar refractivity (Wildman–Crippen MR) is 119 cm³/mol. The molecule has 4 rings (SSSR count). The largest absolute Gasteiger partial charge is 0.497 e. The summed E-state index contributed by atoms with van der Waals surface area (Å²) in [7, 11) is 1.72. The number of piperazine rings is 1. The van der Waals surface area contributed by atoms with Gasteiger partial charge in [0.05, 0.1) is 13.7 Å². The number of tetrazole rings is 1. The van der Waals surface area contributed by atoms with Gasteiger partial charge in [0.15, 0.2) is 0 Å². The molecule has 7 nitrogen and oxygen atoms in total. The van der Waals surface area contributed by atoms with Crippen molar-refractivity contribution < 1.29 is 4.74 Å². The molecule has 0 radical (unpaired) electrons. The zero-order valence-corrected chi connectivity index (χ0v) is 17.7. The second-order valence-corrected chi connectivity index (χ2v) is 7.67. The molecule has 7 heteroatoms. The van der Waals surface area contributed by atoms with Crippen molar-refractivity contribution >= 4 is 5.69 Å². The standard InChI is InChI=1S/C23H30N6O/c1-30-22-12-8-11-21(19-22)28-17-15-27(16-18-28)13-6-3-7-14-29-25-23(24-26-29)20-9-4-2-5-10-20/h2,4-5,8-12,19H,3,6-7,13-18H2,1H3. The molecule has 1 saturated heterocycles. The van der Waals surface area contributed by atoms with Crippen molar-refractivity contribution in [2.24, 2.45) is 0 Å². The second-order valence-electron chi connectivity index (χ2n) is 7.67. The van der Waals surface area contributed by atoms with Gasteiger partial charge in [0.2, 0.25) is 5.82 Å². The molecule has 0 atom stereocenters. The maximum Gasteiger partial charge on any atom is 0.204 e. The molecule has 1 aliphatic heterocycles. The van der Waals surface area contributed by atoms with E-state index in [9.17, 15) is 0 Å². The lowest BCUT2D eigenvalue weighted by atomic mass is 10.2. The van der Waals surface area contributed by atoms with E-state index in [1.165, 1.54) is 18.5 Å². The summed E-state index contributed by atoms with van der Waals surface area (Å²) in [6.45, 7) is 6.34. The molecule has 30 heavy (non-hydrogen) atoms. The van der Waals surface area contributed by atoms with Crippen LogP contribution in [-0.4, -0.2) is 64.9 Å². The lowest BCUT2D eigenvalue weighted by Gasteiger charge is -2.36. The van der Waals surface area contributed by atoms with Crippen LogP contribution in [0.25, 0.3) is 11.4 Å². The van der Waals surface area contributed by atoms with Crippen LogP contribution in [0.5, 0.6) is 5.75 Å². The number of methoxy groups -OCH3 is 1. The Morgan fingerprint density at radius 3 is 2.47 bits per heavy atom. The SMILES string of the molecule is COc1cccc(N2CCN(CCCCCn3nnc(-c4ccccc4)n3)CC2)c1. The molecule has 0 N–H and O–H groups in total. The number of anilines is 1. The van der Waals surface area contributed by atoms with Gasteiger partial charge in [-0.3, -0.25) is 4.90 Å². The Kier molecular flexibility index (Phi) is 6.92. The summed E-state index contributed by atoms with van der Waals surface area (Å²) in [5.41, 5.74) is 2.26. The minimum atomic E-state index is 0.699. The fourth-order valence-electron chi connectivity index (χ4n) is 3.84. The van der Waals surface area contributed by atoms with E-state index in [1.54, 1.807) is 11.9 Å². The third-order valence-corrected chi connectivity index (χ3v) is 5.61. The van der Waals surface area contributed by atoms with Crippen molar-refractivity contribution in [1.29, 1.82) is 0 Å². The molecule has 2 heterocycles. The Bertz CT molecular complexity index is 905. The number of aryl methyl sites for hydroxylation is 1. The zero-order valence-electron chi connectivity index (χ0n) is 17.7. The molecule has 1 fully saturated rings. The maximum atomic E-state index is 5.35. The molecule has 0 bridgehead atoms. The molecule has 2 aromatic carbocycles. The van der Waals surface area contributed by atoms with Gasteiger partial charge in [-0.2, -0.15) is 4.80 Å². The quantitative estimate of drug-likeness (QED) is 0.508. The molecule has 0 unspecified atom stereocenters. The molecule has 0 saturated carbocycles. The number of hydrogen-bond acceptors (Lipinski definition) is 6. The molecule has 3 aromatic rings. The van der Waals surface area contributed by atoms with Crippen molar-refractivity contribution in [3.8, 4) is 17.1 Å². The van der Waals surface area contributed by atoms with E-state index >= 15 is 0 Å². The summed E-state index contributed by atoms with van der Waals surface area (Å²) in [6, 6.07) is 18.3. The van der Waals surface area contributed by atoms with E-state index in [1.807, 2.05) is 36.4 Å². The first-order valence-corrected chi connectivity index (χ1v) is 10.8. The van der Waals surface area contributed by atoms with E-state index in [0.29, 0.717) is 5.82 Å². The lowest BCUT2D eigenvalue weighted by molar-refractivity contribution is 0.251. The maximum absolute atomic E-state index is 5.35. The van der Waals surface area contributed by atoms with Crippen LogP contribution < -0.4 is 9.64 Å². The highest BCUT2D eigenvalue weighted by molar-refractivity contribution is 5.53. The molecule has 158 valence electrons. The van der Waals surface area contributed by atoms with Crippen LogP contribution in [0.2, 0.25) is 0 Å². The van der Waals surface area contributed by atoms with Crippen molar-refractivity contribution in [1.82, 2.24) is 25.1 Å². The van der Waals surface area contributed by atoms with E-state index < -0.39 is 0 Å². The van der Waals surface area contributed by atoms with Gasteiger partial charge < -0.3 is 9.64 Å². The van der Waals surface area contributed by atoms with Gasteiger partial charge in [0.25, 0.3) is 0 Å². The molecule has 0 spiro atoms. The number of rotatable bonds is 9. The molecule has 1 aliphatic rings. The van der Waals surface area contributed by atoms with E-state index in [4.69, 9.17) is 4.74 Å². The summed E-state index contributed by atoms with van der Waals surface area (Å²) in [5, 5.41) is 12.8. The minimum Gasteiger partial charge on any atom is -0.497 e. The van der Waals surface area contributed by atoms with Crippen molar-refractivity contribution in [2.75, 3.05) is 44.7 Å². The molecule has 0 aliphatic carbocycles. The number of ether oxygens (including phenoxy) is 1. The average molecular weight is 407 g/mol. The Hall–Kier alpha value is -2.93. The molecular weight excluding hydrogens is 376 g/mol. The molecule has 1 aromatic heterocycles. The summed E-state index contributed by atoms with van der Waals surface area (Å²) < 4.78 is 5.35. The van der Waals surface area contributed by atoms with Gasteiger partial charge in [-0.25, -0.2) is 0 Å². The highest BCUT2D eigenvalue weighted by Crippen LogP contribution is 2.22. The normalized spacial score (nSPS) is 14.8. The second kappa shape index (κ2) is 10.2. The van der Waals surface area contributed by atoms with Gasteiger partial charge in [-0.15, -0.1) is 10.2 Å². The highest BCUT2D eigenvalue weighted by Gasteiger charge is 2.17. The van der Waals surface area contributed by atoms with Gasteiger partial charge in [0.1, 0.15) is 5.75 Å². The van der Waals surface area contributed by atoms with Crippen LogP contribution in [0.1, 0.15) is 19.3 Å². The summed E-state index contributed by atoms with van der Waals surface area (Å²) >= 11 is 0. The molecule has 0 amide bonds. The fourth-order valence-corrected chi connectivity index (χ4v) is 3.84. The van der Waals surface area contributed by atoms with Gasteiger partial charge in [-0.05, 0) is 36.7 Å². The summed E-state index contributed by atoms with van der Waals surface area (Å²) in [6.07, 6.45) is 3.46. The Labute approximate surface area is 178 Å². The topological polar surface area (TPSA) is 59.3 Å². The zero-order chi connectivity index (χ0) is 20.6. The van der Waals surface area contributed by atoms with Crippen LogP contribution in [-0.2, 0) is 6.54 Å². The molecular formula is C23H30N6O. The van der Waals surface area contributed by atoms with Crippen LogP contribution >= 0.6 is 0 Å². The highest BCUT2D eigenvalue weighted by atomic mass is 16.5. The van der Waals surface area contributed by atoms with Crippen LogP contribution in [0.3, 0.4) is 0 Å². The smallest absolute Gasteiger partial charge is 0.204 e. The van der Waals surface area contributed by atoms with Gasteiger partial charge >= 0.3 is 0 Å². The van der Waals surface area contributed by atoms with Crippen molar-refractivity contribution in [3.63, 3.8) is 0 Å². The summed E-state index contributed by atoms with van der Waals surface area (Å²) in [5.74, 6) is 1.62. The third kappa shape index (κ3) is 5.36. The van der Waals surface area contributed by atoms with E-state index in [2.05, 4.69) is 43.4 Å². The minimum absolute atomic E-state index is 0.699. The number of unbranched alkanes of at least 4 members (excludes halogenated alkanes) is 2. The van der Waals surface area contributed by atoms with E-state index in [-0.39, 0.29) is 0 Å². The number of hydrogen-bond donors (Lipinski definition) is 0. The summed E-state index contributed by atoms with van der Waals surface area (Å²) in [4.78, 5) is 6.73. The van der Waals surface area contributed by atoms with Crippen LogP contribution in [0.4, 0.5) is 5.69 Å². The Morgan fingerprint density at radius 2 is 1.67 bits per heavy atom. The van der Waals surface area contributed by atoms with Gasteiger partial charge in [-0.1, -0.05) is 42.8 Å². The third-order valence-electron chi connectivity index (χ3n) is 5.61. The first-order chi connectivity index (χ1) is 14.8. The predicted octanol–water partition coefficient (Wildman–Crippen LogP) is 3.34. The van der Waals surface area contributed by atoms with Crippen LogP contribution in [0.15, 0.2) is 54.6 Å². The van der Waals surface area contributed by atoms with Crippen molar-refractivity contribution in [3.05, 3.63) is 54.6 Å². The first-order valence-electron chi connectivity index (χ1n) is 10.8. The van der Waals surface area contributed by atoms with Crippen LogP contribution in [0, 0.1) is 0 Å². The number of benzene rings is 2. The van der Waals surface area contributed by atoms with E-state index in [0.717, 1.165) is 57.0 Å². The number of nitrogens with zero attached hydrogens (tertiary/aromatic N) is 6. The Morgan fingerprint density at radius 1 is 0.867 bits per heavy atom. The monoisotopic (exact) mass is 406 g/mol. The number of aromatic nitrogens is 4. The van der Waals surface area contributed by atoms with Crippen molar-refractivity contribution in [2.45, 2.75) is 25.8 Å².